The first-order chi connectivity index (χ1) is 13.1. The van der Waals surface area contributed by atoms with Crippen molar-refractivity contribution < 1.29 is 9.47 Å². The van der Waals surface area contributed by atoms with Gasteiger partial charge < -0.3 is 14.8 Å². The van der Waals surface area contributed by atoms with Crippen LogP contribution in [0.3, 0.4) is 0 Å². The van der Waals surface area contributed by atoms with Crippen molar-refractivity contribution in [1.29, 1.82) is 0 Å². The van der Waals surface area contributed by atoms with E-state index < -0.39 is 0 Å². The third-order valence-corrected chi connectivity index (χ3v) is 5.25. The highest BCUT2D eigenvalue weighted by molar-refractivity contribution is 9.10. The van der Waals surface area contributed by atoms with E-state index in [9.17, 15) is 0 Å². The Hall–Kier alpha value is -2.46. The van der Waals surface area contributed by atoms with Gasteiger partial charge in [-0.25, -0.2) is 0 Å². The lowest BCUT2D eigenvalue weighted by Crippen LogP contribution is -2.03. The maximum absolute atomic E-state index is 6.03. The predicted octanol–water partition coefficient (Wildman–Crippen LogP) is 6.27. The van der Waals surface area contributed by atoms with Crippen LogP contribution in [0.1, 0.15) is 22.3 Å². The van der Waals surface area contributed by atoms with E-state index >= 15 is 0 Å². The van der Waals surface area contributed by atoms with Crippen LogP contribution in [0, 0.1) is 13.8 Å². The number of benzene rings is 3. The molecule has 3 aromatic rings. The van der Waals surface area contributed by atoms with Gasteiger partial charge in [-0.05, 0) is 54.8 Å². The molecule has 0 radical (unpaired) electrons. The Kier molecular flexibility index (Phi) is 6.40. The zero-order valence-corrected chi connectivity index (χ0v) is 17.5. The smallest absolute Gasteiger partial charge is 0.162 e. The first kappa shape index (κ1) is 19.3. The molecule has 0 aromatic heterocycles. The van der Waals surface area contributed by atoms with Gasteiger partial charge in [0.05, 0.1) is 7.11 Å². The average molecular weight is 426 g/mol. The van der Waals surface area contributed by atoms with Crippen LogP contribution in [-0.4, -0.2) is 7.11 Å². The fraction of sp³-hybridized carbons (Fsp3) is 0.217. The molecule has 0 aliphatic rings. The van der Waals surface area contributed by atoms with Crippen molar-refractivity contribution in [2.24, 2.45) is 0 Å². The molecule has 3 aromatic carbocycles. The molecule has 140 valence electrons. The summed E-state index contributed by atoms with van der Waals surface area (Å²) in [7, 11) is 1.67. The highest BCUT2D eigenvalue weighted by atomic mass is 79.9. The molecule has 27 heavy (non-hydrogen) atoms. The average Bonchev–Trinajstić information content (AvgIpc) is 2.68. The number of hydrogen-bond donors (Lipinski definition) is 1. The van der Waals surface area contributed by atoms with Gasteiger partial charge in [0.15, 0.2) is 11.5 Å². The van der Waals surface area contributed by atoms with E-state index in [1.54, 1.807) is 7.11 Å². The fourth-order valence-electron chi connectivity index (χ4n) is 2.78. The predicted molar refractivity (Wildman–Crippen MR) is 115 cm³/mol. The molecule has 0 saturated heterocycles. The molecule has 1 N–H and O–H groups in total. The summed E-state index contributed by atoms with van der Waals surface area (Å²) in [5, 5.41) is 3.44. The van der Waals surface area contributed by atoms with Crippen molar-refractivity contribution >= 4 is 21.6 Å². The van der Waals surface area contributed by atoms with Gasteiger partial charge in [0, 0.05) is 16.7 Å². The molecule has 0 heterocycles. The number of hydrogen-bond acceptors (Lipinski definition) is 3. The SMILES string of the molecule is COc1cc(CNc2ccc(C)cc2)c(Br)cc1OCc1ccccc1C. The van der Waals surface area contributed by atoms with Crippen LogP contribution >= 0.6 is 15.9 Å². The van der Waals surface area contributed by atoms with Crippen LogP contribution in [-0.2, 0) is 13.2 Å². The highest BCUT2D eigenvalue weighted by Crippen LogP contribution is 2.34. The molecule has 0 atom stereocenters. The summed E-state index contributed by atoms with van der Waals surface area (Å²) >= 11 is 3.66. The van der Waals surface area contributed by atoms with Gasteiger partial charge in [0.1, 0.15) is 6.61 Å². The zero-order valence-electron chi connectivity index (χ0n) is 15.9. The molecule has 0 amide bonds. The minimum absolute atomic E-state index is 0.510. The normalized spacial score (nSPS) is 10.5. The summed E-state index contributed by atoms with van der Waals surface area (Å²) < 4.78 is 12.6. The lowest BCUT2D eigenvalue weighted by atomic mass is 10.1. The molecule has 0 spiro atoms. The molecule has 0 fully saturated rings. The topological polar surface area (TPSA) is 30.5 Å². The van der Waals surface area contributed by atoms with E-state index in [1.807, 2.05) is 24.3 Å². The Bertz CT molecular complexity index is 907. The van der Waals surface area contributed by atoms with Gasteiger partial charge in [-0.1, -0.05) is 57.9 Å². The Morgan fingerprint density at radius 1 is 0.889 bits per heavy atom. The lowest BCUT2D eigenvalue weighted by molar-refractivity contribution is 0.283. The number of aryl methyl sites for hydroxylation is 2. The quantitative estimate of drug-likeness (QED) is 0.483. The third-order valence-electron chi connectivity index (χ3n) is 4.51. The summed E-state index contributed by atoms with van der Waals surface area (Å²) in [5.41, 5.74) is 5.83. The Morgan fingerprint density at radius 3 is 2.33 bits per heavy atom. The van der Waals surface area contributed by atoms with Crippen LogP contribution in [0.4, 0.5) is 5.69 Å². The molecular weight excluding hydrogens is 402 g/mol. The number of halogens is 1. The molecule has 0 aliphatic heterocycles. The summed E-state index contributed by atoms with van der Waals surface area (Å²) in [6.45, 7) is 5.38. The standard InChI is InChI=1S/C23H24BrNO2/c1-16-8-10-20(11-9-16)25-14-19-12-22(26-3)23(13-21(19)24)27-15-18-7-5-4-6-17(18)2/h4-13,25H,14-15H2,1-3H3. The van der Waals surface area contributed by atoms with Gasteiger partial charge in [0.2, 0.25) is 0 Å². The van der Waals surface area contributed by atoms with Gasteiger partial charge in [-0.3, -0.25) is 0 Å². The number of nitrogens with one attached hydrogen (secondary N) is 1. The molecule has 0 unspecified atom stereocenters. The van der Waals surface area contributed by atoms with Crippen LogP contribution < -0.4 is 14.8 Å². The second-order valence-corrected chi connectivity index (χ2v) is 7.38. The van der Waals surface area contributed by atoms with Gasteiger partial charge >= 0.3 is 0 Å². The molecule has 0 saturated carbocycles. The van der Waals surface area contributed by atoms with Crippen molar-refractivity contribution in [2.45, 2.75) is 27.0 Å². The van der Waals surface area contributed by atoms with Gasteiger partial charge in [0.25, 0.3) is 0 Å². The van der Waals surface area contributed by atoms with E-state index in [0.29, 0.717) is 13.2 Å². The lowest BCUT2D eigenvalue weighted by Gasteiger charge is -2.15. The van der Waals surface area contributed by atoms with Gasteiger partial charge in [-0.15, -0.1) is 0 Å². The van der Waals surface area contributed by atoms with Crippen molar-refractivity contribution in [3.8, 4) is 11.5 Å². The van der Waals surface area contributed by atoms with Crippen molar-refractivity contribution in [3.63, 3.8) is 0 Å². The zero-order chi connectivity index (χ0) is 19.2. The van der Waals surface area contributed by atoms with E-state index in [-0.39, 0.29) is 0 Å². The summed E-state index contributed by atoms with van der Waals surface area (Å²) in [6, 6.07) is 20.6. The maximum atomic E-state index is 6.03. The van der Waals surface area contributed by atoms with Crippen LogP contribution in [0.25, 0.3) is 0 Å². The summed E-state index contributed by atoms with van der Waals surface area (Å²) in [5.74, 6) is 1.46. The van der Waals surface area contributed by atoms with Crippen LogP contribution in [0.2, 0.25) is 0 Å². The fourth-order valence-corrected chi connectivity index (χ4v) is 3.24. The van der Waals surface area contributed by atoms with E-state index in [4.69, 9.17) is 9.47 Å². The molecule has 0 bridgehead atoms. The van der Waals surface area contributed by atoms with E-state index in [2.05, 4.69) is 71.5 Å². The van der Waals surface area contributed by atoms with E-state index in [0.717, 1.165) is 27.2 Å². The molecule has 3 rings (SSSR count). The highest BCUT2D eigenvalue weighted by Gasteiger charge is 2.11. The summed E-state index contributed by atoms with van der Waals surface area (Å²) in [4.78, 5) is 0. The Balaban J connectivity index is 1.72. The number of methoxy groups -OCH3 is 1. The molecular formula is C23H24BrNO2. The van der Waals surface area contributed by atoms with Crippen LogP contribution in [0.15, 0.2) is 65.1 Å². The second-order valence-electron chi connectivity index (χ2n) is 6.53. The van der Waals surface area contributed by atoms with Crippen molar-refractivity contribution in [2.75, 3.05) is 12.4 Å². The monoisotopic (exact) mass is 425 g/mol. The number of ether oxygens (including phenoxy) is 2. The van der Waals surface area contributed by atoms with Crippen LogP contribution in [0.5, 0.6) is 11.5 Å². The third kappa shape index (κ3) is 5.04. The summed E-state index contributed by atoms with van der Waals surface area (Å²) in [6.07, 6.45) is 0. The Labute approximate surface area is 169 Å². The van der Waals surface area contributed by atoms with Crippen molar-refractivity contribution in [3.05, 3.63) is 87.4 Å². The molecule has 3 nitrogen and oxygen atoms in total. The van der Waals surface area contributed by atoms with Gasteiger partial charge in [-0.2, -0.15) is 0 Å². The minimum Gasteiger partial charge on any atom is -0.493 e. The Morgan fingerprint density at radius 2 is 1.63 bits per heavy atom. The minimum atomic E-state index is 0.510. The largest absolute Gasteiger partial charge is 0.493 e. The first-order valence-electron chi connectivity index (χ1n) is 8.91. The van der Waals surface area contributed by atoms with E-state index in [1.165, 1.54) is 16.7 Å². The molecule has 0 aliphatic carbocycles. The molecule has 4 heteroatoms. The first-order valence-corrected chi connectivity index (χ1v) is 9.70. The maximum Gasteiger partial charge on any atom is 0.162 e. The number of rotatable bonds is 7. The second kappa shape index (κ2) is 8.96. The van der Waals surface area contributed by atoms with Crippen molar-refractivity contribution in [1.82, 2.24) is 0 Å². The number of anilines is 1.